The van der Waals surface area contributed by atoms with Crippen LogP contribution in [0.4, 0.5) is 0 Å². The molecule has 0 unspecified atom stereocenters. The lowest BCUT2D eigenvalue weighted by molar-refractivity contribution is -0.113. The van der Waals surface area contributed by atoms with Gasteiger partial charge in [-0.25, -0.2) is 5.43 Å². The molecule has 4 aliphatic rings. The molecule has 5 heteroatoms. The van der Waals surface area contributed by atoms with Crippen molar-refractivity contribution in [1.82, 2.24) is 10.4 Å². The van der Waals surface area contributed by atoms with Gasteiger partial charge in [-0.1, -0.05) is 13.8 Å². The second-order valence-electron chi connectivity index (χ2n) is 10.8. The fourth-order valence-corrected chi connectivity index (χ4v) is 7.89. The average Bonchev–Trinajstić information content (AvgIpc) is 3.09. The molecule has 4 fully saturated rings. The fraction of sp³-hybridized carbons (Fsp3) is 0.720. The highest BCUT2D eigenvalue weighted by Gasteiger charge is 2.59. The summed E-state index contributed by atoms with van der Waals surface area (Å²) in [6.45, 7) is 4.93. The number of aliphatic hydroxyl groups is 1. The summed E-state index contributed by atoms with van der Waals surface area (Å²) in [5.41, 5.74) is 5.13. The SMILES string of the molecule is C[C@]12CC[C@@H](O)C[C@@H]1CC[C@H]1[C@H]3CC/C(=N\NC(=O)c4ccncc4)[C@@]3(C)CC[C@@H]12. The molecule has 1 aromatic rings. The Morgan fingerprint density at radius 3 is 2.70 bits per heavy atom. The van der Waals surface area contributed by atoms with Crippen molar-refractivity contribution in [2.24, 2.45) is 39.6 Å². The largest absolute Gasteiger partial charge is 0.393 e. The van der Waals surface area contributed by atoms with Crippen LogP contribution < -0.4 is 5.43 Å². The number of aliphatic hydroxyl groups excluding tert-OH is 1. The van der Waals surface area contributed by atoms with Crippen LogP contribution in [0.5, 0.6) is 0 Å². The number of hydrogen-bond donors (Lipinski definition) is 2. The quantitative estimate of drug-likeness (QED) is 0.703. The van der Waals surface area contributed by atoms with Gasteiger partial charge in [-0.3, -0.25) is 9.78 Å². The molecule has 0 spiro atoms. The van der Waals surface area contributed by atoms with Gasteiger partial charge in [0.15, 0.2) is 0 Å². The zero-order chi connectivity index (χ0) is 20.9. The minimum atomic E-state index is -0.153. The lowest BCUT2D eigenvalue weighted by Gasteiger charge is -2.60. The highest BCUT2D eigenvalue weighted by atomic mass is 16.3. The van der Waals surface area contributed by atoms with Gasteiger partial charge in [-0.15, -0.1) is 0 Å². The van der Waals surface area contributed by atoms with Crippen molar-refractivity contribution in [3.05, 3.63) is 30.1 Å². The highest BCUT2D eigenvalue weighted by Crippen LogP contribution is 2.65. The molecule has 7 atom stereocenters. The van der Waals surface area contributed by atoms with E-state index in [1.807, 2.05) is 0 Å². The van der Waals surface area contributed by atoms with Crippen LogP contribution in [0.2, 0.25) is 0 Å². The van der Waals surface area contributed by atoms with Crippen molar-refractivity contribution in [3.8, 4) is 0 Å². The van der Waals surface area contributed by atoms with E-state index in [1.165, 1.54) is 44.2 Å². The summed E-state index contributed by atoms with van der Waals surface area (Å²) >= 11 is 0. The van der Waals surface area contributed by atoms with Crippen LogP contribution >= 0.6 is 0 Å². The minimum absolute atomic E-state index is 0.0808. The number of rotatable bonds is 2. The second kappa shape index (κ2) is 7.44. The monoisotopic (exact) mass is 409 g/mol. The number of amides is 1. The van der Waals surface area contributed by atoms with Crippen LogP contribution in [0.3, 0.4) is 0 Å². The van der Waals surface area contributed by atoms with Crippen LogP contribution in [0, 0.1) is 34.5 Å². The normalized spacial score (nSPS) is 44.1. The lowest BCUT2D eigenvalue weighted by Crippen LogP contribution is -2.54. The maximum atomic E-state index is 12.5. The number of pyridine rings is 1. The first-order chi connectivity index (χ1) is 14.4. The Morgan fingerprint density at radius 2 is 1.90 bits per heavy atom. The number of nitrogens with one attached hydrogen (secondary N) is 1. The van der Waals surface area contributed by atoms with Crippen molar-refractivity contribution in [2.75, 3.05) is 0 Å². The van der Waals surface area contributed by atoms with Crippen LogP contribution in [0.1, 0.15) is 82.0 Å². The van der Waals surface area contributed by atoms with E-state index >= 15 is 0 Å². The van der Waals surface area contributed by atoms with Gasteiger partial charge in [0.25, 0.3) is 5.91 Å². The summed E-state index contributed by atoms with van der Waals surface area (Å²) in [6.07, 6.45) is 13.6. The molecule has 4 aliphatic carbocycles. The third kappa shape index (κ3) is 3.12. The van der Waals surface area contributed by atoms with Gasteiger partial charge in [0.1, 0.15) is 0 Å². The zero-order valence-electron chi connectivity index (χ0n) is 18.3. The molecule has 5 rings (SSSR count). The summed E-state index contributed by atoms with van der Waals surface area (Å²) in [7, 11) is 0. The molecule has 0 bridgehead atoms. The molecule has 1 amide bonds. The summed E-state index contributed by atoms with van der Waals surface area (Å²) in [5.74, 6) is 2.77. The van der Waals surface area contributed by atoms with Gasteiger partial charge in [0.05, 0.1) is 6.10 Å². The Morgan fingerprint density at radius 1 is 1.10 bits per heavy atom. The molecule has 0 aliphatic heterocycles. The summed E-state index contributed by atoms with van der Waals surface area (Å²) in [5, 5.41) is 14.9. The van der Waals surface area contributed by atoms with Crippen molar-refractivity contribution in [1.29, 1.82) is 0 Å². The van der Waals surface area contributed by atoms with Crippen LogP contribution in [-0.4, -0.2) is 27.8 Å². The smallest absolute Gasteiger partial charge is 0.271 e. The molecule has 0 radical (unpaired) electrons. The number of aromatic nitrogens is 1. The van der Waals surface area contributed by atoms with Crippen LogP contribution in [-0.2, 0) is 0 Å². The summed E-state index contributed by atoms with van der Waals surface area (Å²) in [4.78, 5) is 16.4. The average molecular weight is 410 g/mol. The molecule has 1 heterocycles. The molecular weight excluding hydrogens is 374 g/mol. The van der Waals surface area contributed by atoms with E-state index in [-0.39, 0.29) is 17.4 Å². The predicted octanol–water partition coefficient (Wildman–Crippen LogP) is 4.57. The lowest BCUT2D eigenvalue weighted by atomic mass is 9.45. The summed E-state index contributed by atoms with van der Waals surface area (Å²) < 4.78 is 0. The van der Waals surface area contributed by atoms with Crippen LogP contribution in [0.25, 0.3) is 0 Å². The molecule has 4 saturated carbocycles. The maximum Gasteiger partial charge on any atom is 0.271 e. The molecule has 0 aromatic carbocycles. The van der Waals surface area contributed by atoms with Gasteiger partial charge in [-0.2, -0.15) is 5.10 Å². The number of hydrazone groups is 1. The van der Waals surface area contributed by atoms with E-state index in [0.29, 0.717) is 22.8 Å². The van der Waals surface area contributed by atoms with Gasteiger partial charge in [0.2, 0.25) is 0 Å². The number of carbonyl (C=O) groups is 1. The van der Waals surface area contributed by atoms with E-state index in [4.69, 9.17) is 0 Å². The third-order valence-electron chi connectivity index (χ3n) is 9.61. The standard InChI is InChI=1S/C25H35N3O2/c1-24-11-7-18(29)15-17(24)3-4-19-20-5-6-22(25(20,2)12-8-21(19)24)27-28-23(30)16-9-13-26-14-10-16/h9-10,13-14,17-21,29H,3-8,11-12,15H2,1-2H3,(H,28,30)/b27-22+/t17-,18+,19-,20+,21-,24-,25-/m0/s1. The molecule has 1 aromatic heterocycles. The Hall–Kier alpha value is -1.75. The van der Waals surface area contributed by atoms with E-state index in [2.05, 4.69) is 29.4 Å². The van der Waals surface area contributed by atoms with E-state index in [0.717, 1.165) is 31.1 Å². The molecule has 30 heavy (non-hydrogen) atoms. The number of hydrogen-bond acceptors (Lipinski definition) is 4. The number of carbonyl (C=O) groups excluding carboxylic acids is 1. The number of fused-ring (bicyclic) bond motifs is 5. The first kappa shape index (κ1) is 20.2. The maximum absolute atomic E-state index is 12.5. The second-order valence-corrected chi connectivity index (χ2v) is 10.8. The van der Waals surface area contributed by atoms with E-state index in [9.17, 15) is 9.90 Å². The molecular formula is C25H35N3O2. The third-order valence-corrected chi connectivity index (χ3v) is 9.61. The van der Waals surface area contributed by atoms with Gasteiger partial charge in [-0.05, 0) is 99.0 Å². The Kier molecular flexibility index (Phi) is 5.00. The molecule has 5 nitrogen and oxygen atoms in total. The molecule has 0 saturated heterocycles. The van der Waals surface area contributed by atoms with Gasteiger partial charge >= 0.3 is 0 Å². The van der Waals surface area contributed by atoms with E-state index in [1.54, 1.807) is 24.5 Å². The van der Waals surface area contributed by atoms with Crippen molar-refractivity contribution in [2.45, 2.75) is 77.7 Å². The van der Waals surface area contributed by atoms with Gasteiger partial charge < -0.3 is 5.11 Å². The topological polar surface area (TPSA) is 74.6 Å². The predicted molar refractivity (Wildman–Crippen MR) is 117 cm³/mol. The highest BCUT2D eigenvalue weighted by molar-refractivity contribution is 5.97. The van der Waals surface area contributed by atoms with Gasteiger partial charge in [0, 0.05) is 29.1 Å². The summed E-state index contributed by atoms with van der Waals surface area (Å²) in [6, 6.07) is 3.44. The zero-order valence-corrected chi connectivity index (χ0v) is 18.3. The first-order valence-corrected chi connectivity index (χ1v) is 11.9. The van der Waals surface area contributed by atoms with E-state index < -0.39 is 0 Å². The fourth-order valence-electron chi connectivity index (χ4n) is 7.89. The van der Waals surface area contributed by atoms with Crippen molar-refractivity contribution >= 4 is 11.6 Å². The van der Waals surface area contributed by atoms with Crippen LogP contribution in [0.15, 0.2) is 29.6 Å². The molecule has 162 valence electrons. The van der Waals surface area contributed by atoms with Crippen molar-refractivity contribution < 1.29 is 9.90 Å². The Labute approximate surface area is 179 Å². The Bertz CT molecular complexity index is 840. The minimum Gasteiger partial charge on any atom is -0.393 e. The number of nitrogens with zero attached hydrogens (tertiary/aromatic N) is 2. The first-order valence-electron chi connectivity index (χ1n) is 11.9. The Balaban J connectivity index is 1.33. The molecule has 2 N–H and O–H groups in total. The van der Waals surface area contributed by atoms with Crippen molar-refractivity contribution in [3.63, 3.8) is 0 Å².